The number of rotatable bonds is 8. The number of para-hydroxylation sites is 1. The van der Waals surface area contributed by atoms with E-state index in [4.69, 9.17) is 14.5 Å². The fraction of sp³-hybridized carbons (Fsp3) is 0.458. The minimum absolute atomic E-state index is 0.181. The molecule has 30 heavy (non-hydrogen) atoms. The van der Waals surface area contributed by atoms with Gasteiger partial charge in [0.2, 0.25) is 0 Å². The van der Waals surface area contributed by atoms with Crippen molar-refractivity contribution in [2.24, 2.45) is 4.99 Å². The zero-order chi connectivity index (χ0) is 21.2. The summed E-state index contributed by atoms with van der Waals surface area (Å²) < 4.78 is 25.2. The maximum Gasteiger partial charge on any atom is 0.191 e. The summed E-state index contributed by atoms with van der Waals surface area (Å²) in [6.07, 6.45) is 1.69. The predicted octanol–water partition coefficient (Wildman–Crippen LogP) is 4.03. The van der Waals surface area contributed by atoms with E-state index >= 15 is 0 Å². The second-order valence-electron chi connectivity index (χ2n) is 7.49. The van der Waals surface area contributed by atoms with Crippen LogP contribution in [0, 0.1) is 5.82 Å². The predicted molar refractivity (Wildman–Crippen MR) is 119 cm³/mol. The summed E-state index contributed by atoms with van der Waals surface area (Å²) in [6.45, 7) is 7.93. The fourth-order valence-corrected chi connectivity index (χ4v) is 3.84. The Balaban J connectivity index is 1.75. The van der Waals surface area contributed by atoms with E-state index in [-0.39, 0.29) is 11.2 Å². The van der Waals surface area contributed by atoms with Gasteiger partial charge in [-0.05, 0) is 50.5 Å². The third-order valence-electron chi connectivity index (χ3n) is 5.51. The molecule has 0 atom stereocenters. The average molecular weight is 414 g/mol. The largest absolute Gasteiger partial charge is 0.494 e. The smallest absolute Gasteiger partial charge is 0.191 e. The molecule has 0 bridgehead atoms. The third kappa shape index (κ3) is 5.72. The summed E-state index contributed by atoms with van der Waals surface area (Å²) in [5.74, 6) is 1.40. The number of guanidine groups is 1. The molecule has 1 aliphatic rings. The van der Waals surface area contributed by atoms with Gasteiger partial charge in [-0.25, -0.2) is 9.38 Å². The normalized spacial score (nSPS) is 16.2. The van der Waals surface area contributed by atoms with Crippen LogP contribution in [0.4, 0.5) is 4.39 Å². The standard InChI is InChI=1S/C24H32FN3O2/c1-3-26-23(27-17-19-8-5-6-11-22(19)30-4-2)28-18-24(12-14-29-15-13-24)20-9-7-10-21(25)16-20/h5-11,16H,3-4,12-15,17-18H2,1-2H3,(H2,26,27,28). The Bertz CT molecular complexity index is 835. The van der Waals surface area contributed by atoms with Crippen LogP contribution in [0.2, 0.25) is 0 Å². The van der Waals surface area contributed by atoms with Crippen molar-refractivity contribution in [1.82, 2.24) is 10.6 Å². The van der Waals surface area contributed by atoms with Gasteiger partial charge >= 0.3 is 0 Å². The number of aliphatic imine (C=N–C) groups is 1. The Morgan fingerprint density at radius 2 is 1.90 bits per heavy atom. The molecule has 1 heterocycles. The minimum atomic E-state index is -0.202. The van der Waals surface area contributed by atoms with Crippen LogP contribution in [0.3, 0.4) is 0 Å². The van der Waals surface area contributed by atoms with Crippen LogP contribution < -0.4 is 15.4 Å². The van der Waals surface area contributed by atoms with Crippen LogP contribution in [-0.4, -0.2) is 38.9 Å². The van der Waals surface area contributed by atoms with E-state index in [0.717, 1.165) is 42.2 Å². The molecule has 0 radical (unpaired) electrons. The van der Waals surface area contributed by atoms with E-state index in [0.29, 0.717) is 32.9 Å². The summed E-state index contributed by atoms with van der Waals surface area (Å²) >= 11 is 0. The van der Waals surface area contributed by atoms with E-state index < -0.39 is 0 Å². The zero-order valence-electron chi connectivity index (χ0n) is 17.9. The first-order valence-electron chi connectivity index (χ1n) is 10.7. The summed E-state index contributed by atoms with van der Waals surface area (Å²) in [7, 11) is 0. The Morgan fingerprint density at radius 1 is 1.10 bits per heavy atom. The van der Waals surface area contributed by atoms with Gasteiger partial charge in [-0.1, -0.05) is 30.3 Å². The van der Waals surface area contributed by atoms with Crippen molar-refractivity contribution in [1.29, 1.82) is 0 Å². The van der Waals surface area contributed by atoms with E-state index in [1.54, 1.807) is 12.1 Å². The quantitative estimate of drug-likeness (QED) is 0.507. The van der Waals surface area contributed by atoms with Gasteiger partial charge in [0, 0.05) is 37.3 Å². The lowest BCUT2D eigenvalue weighted by molar-refractivity contribution is 0.0513. The molecule has 0 saturated carbocycles. The van der Waals surface area contributed by atoms with Crippen LogP contribution >= 0.6 is 0 Å². The monoisotopic (exact) mass is 413 g/mol. The lowest BCUT2D eigenvalue weighted by Gasteiger charge is -2.38. The number of hydrogen-bond donors (Lipinski definition) is 2. The molecule has 0 amide bonds. The number of benzene rings is 2. The third-order valence-corrected chi connectivity index (χ3v) is 5.51. The molecular weight excluding hydrogens is 381 g/mol. The van der Waals surface area contributed by atoms with Crippen molar-refractivity contribution in [3.05, 3.63) is 65.5 Å². The molecule has 2 N–H and O–H groups in total. The first-order valence-corrected chi connectivity index (χ1v) is 10.7. The van der Waals surface area contributed by atoms with Crippen molar-refractivity contribution in [3.8, 4) is 5.75 Å². The van der Waals surface area contributed by atoms with Crippen LogP contribution in [-0.2, 0) is 16.7 Å². The highest BCUT2D eigenvalue weighted by Gasteiger charge is 2.35. The Hall–Kier alpha value is -2.60. The lowest BCUT2D eigenvalue weighted by Crippen LogP contribution is -2.48. The number of hydrogen-bond acceptors (Lipinski definition) is 3. The van der Waals surface area contributed by atoms with E-state index in [1.807, 2.05) is 44.2 Å². The fourth-order valence-electron chi connectivity index (χ4n) is 3.84. The molecule has 0 aromatic heterocycles. The van der Waals surface area contributed by atoms with Crippen molar-refractivity contribution < 1.29 is 13.9 Å². The molecule has 0 spiro atoms. The zero-order valence-corrected chi connectivity index (χ0v) is 17.9. The van der Waals surface area contributed by atoms with Gasteiger partial charge in [0.1, 0.15) is 11.6 Å². The Kier molecular flexibility index (Phi) is 8.08. The summed E-state index contributed by atoms with van der Waals surface area (Å²) in [5.41, 5.74) is 1.87. The molecule has 6 heteroatoms. The van der Waals surface area contributed by atoms with Crippen LogP contribution in [0.5, 0.6) is 5.75 Å². The first-order chi connectivity index (χ1) is 14.7. The van der Waals surface area contributed by atoms with Gasteiger partial charge in [0.25, 0.3) is 0 Å². The second kappa shape index (κ2) is 11.0. The molecule has 2 aromatic rings. The Morgan fingerprint density at radius 3 is 2.63 bits per heavy atom. The topological polar surface area (TPSA) is 54.9 Å². The second-order valence-corrected chi connectivity index (χ2v) is 7.49. The molecule has 0 aliphatic carbocycles. The maximum absolute atomic E-state index is 13.9. The molecule has 1 fully saturated rings. The van der Waals surface area contributed by atoms with Gasteiger partial charge in [-0.15, -0.1) is 0 Å². The van der Waals surface area contributed by atoms with Gasteiger partial charge in [-0.3, -0.25) is 0 Å². The van der Waals surface area contributed by atoms with Crippen LogP contribution in [0.1, 0.15) is 37.8 Å². The molecule has 2 aromatic carbocycles. The van der Waals surface area contributed by atoms with E-state index in [1.165, 1.54) is 6.07 Å². The van der Waals surface area contributed by atoms with E-state index in [2.05, 4.69) is 10.6 Å². The lowest BCUT2D eigenvalue weighted by atomic mass is 9.74. The average Bonchev–Trinajstić information content (AvgIpc) is 2.77. The summed E-state index contributed by atoms with van der Waals surface area (Å²) in [6, 6.07) is 14.9. The van der Waals surface area contributed by atoms with Crippen molar-refractivity contribution >= 4 is 5.96 Å². The number of nitrogens with one attached hydrogen (secondary N) is 2. The molecule has 5 nitrogen and oxygen atoms in total. The maximum atomic E-state index is 13.9. The summed E-state index contributed by atoms with van der Waals surface area (Å²) in [5, 5.41) is 6.81. The number of nitrogens with zero attached hydrogens (tertiary/aromatic N) is 1. The molecule has 3 rings (SSSR count). The molecule has 1 saturated heterocycles. The van der Waals surface area contributed by atoms with Crippen molar-refractivity contribution in [2.75, 3.05) is 32.9 Å². The summed E-state index contributed by atoms with van der Waals surface area (Å²) in [4.78, 5) is 4.76. The highest BCUT2D eigenvalue weighted by molar-refractivity contribution is 5.80. The first kappa shape index (κ1) is 22.1. The minimum Gasteiger partial charge on any atom is -0.494 e. The van der Waals surface area contributed by atoms with Gasteiger partial charge in [-0.2, -0.15) is 0 Å². The van der Waals surface area contributed by atoms with Gasteiger partial charge in [0.05, 0.1) is 13.2 Å². The Labute approximate surface area is 178 Å². The molecular formula is C24H32FN3O2. The number of halogens is 1. The molecule has 1 aliphatic heterocycles. The molecule has 162 valence electrons. The van der Waals surface area contributed by atoms with Crippen molar-refractivity contribution in [2.45, 2.75) is 38.6 Å². The van der Waals surface area contributed by atoms with Crippen molar-refractivity contribution in [3.63, 3.8) is 0 Å². The SMILES string of the molecule is CCNC(=NCc1ccccc1OCC)NCC1(c2cccc(F)c2)CCOCC1. The number of ether oxygens (including phenoxy) is 2. The molecule has 0 unspecified atom stereocenters. The highest BCUT2D eigenvalue weighted by Crippen LogP contribution is 2.34. The van der Waals surface area contributed by atoms with Crippen LogP contribution in [0.15, 0.2) is 53.5 Å². The van der Waals surface area contributed by atoms with Gasteiger partial charge < -0.3 is 20.1 Å². The van der Waals surface area contributed by atoms with Gasteiger partial charge in [0.15, 0.2) is 5.96 Å². The van der Waals surface area contributed by atoms with Crippen LogP contribution in [0.25, 0.3) is 0 Å². The van der Waals surface area contributed by atoms with E-state index in [9.17, 15) is 4.39 Å². The highest BCUT2D eigenvalue weighted by atomic mass is 19.1.